The summed E-state index contributed by atoms with van der Waals surface area (Å²) < 4.78 is 40.7. The second-order valence-electron chi connectivity index (χ2n) is 5.65. The van der Waals surface area contributed by atoms with Crippen molar-refractivity contribution in [1.82, 2.24) is 4.72 Å². The molecule has 0 bridgehead atoms. The van der Waals surface area contributed by atoms with Crippen molar-refractivity contribution in [3.05, 3.63) is 70.0 Å². The molecule has 2 rings (SSSR count). The lowest BCUT2D eigenvalue weighted by Gasteiger charge is -2.22. The van der Waals surface area contributed by atoms with E-state index in [9.17, 15) is 22.9 Å². The van der Waals surface area contributed by atoms with Crippen LogP contribution < -0.4 is 4.72 Å². The van der Waals surface area contributed by atoms with Crippen LogP contribution in [-0.4, -0.2) is 13.3 Å². The van der Waals surface area contributed by atoms with Gasteiger partial charge in [0, 0.05) is 18.2 Å². The summed E-state index contributed by atoms with van der Waals surface area (Å²) in [6.45, 7) is 3.68. The number of hydrogen-bond acceptors (Lipinski definition) is 4. The third-order valence-electron chi connectivity index (χ3n) is 3.54. The molecule has 0 fully saturated rings. The van der Waals surface area contributed by atoms with Crippen LogP contribution in [0.4, 0.5) is 10.1 Å². The molecule has 128 valence electrons. The van der Waals surface area contributed by atoms with Gasteiger partial charge in [-0.3, -0.25) is 10.1 Å². The molecule has 24 heavy (non-hydrogen) atoms. The van der Waals surface area contributed by atoms with Gasteiger partial charge in [-0.15, -0.1) is 0 Å². The van der Waals surface area contributed by atoms with Crippen LogP contribution in [0.1, 0.15) is 25.5 Å². The highest BCUT2D eigenvalue weighted by Crippen LogP contribution is 2.25. The molecule has 0 radical (unpaired) electrons. The molecule has 0 saturated heterocycles. The predicted molar refractivity (Wildman–Crippen MR) is 87.4 cm³/mol. The molecule has 8 heteroatoms. The Morgan fingerprint density at radius 1 is 1.04 bits per heavy atom. The highest BCUT2D eigenvalue weighted by atomic mass is 32.2. The molecular formula is C16H17FN2O4S. The number of nitrogens with zero attached hydrogens (tertiary/aromatic N) is 1. The number of halogens is 1. The van der Waals surface area contributed by atoms with Gasteiger partial charge in [0.2, 0.25) is 10.0 Å². The first kappa shape index (κ1) is 18.0. The second kappa shape index (κ2) is 7.06. The molecule has 0 saturated carbocycles. The van der Waals surface area contributed by atoms with E-state index in [-0.39, 0.29) is 16.5 Å². The van der Waals surface area contributed by atoms with Crippen molar-refractivity contribution in [2.75, 3.05) is 0 Å². The lowest BCUT2D eigenvalue weighted by Crippen LogP contribution is -2.31. The number of nitrogens with one attached hydrogen (secondary N) is 1. The number of non-ortho nitro benzene ring substituents is 1. The standard InChI is InChI=1S/C16H17FN2O4S/c1-11(2)16(12-3-5-13(17)6-4-12)18-24(22,23)15-9-7-14(8-10-15)19(20)21/h3-11,16,18H,1-2H3. The first-order valence-electron chi connectivity index (χ1n) is 7.23. The Kier molecular flexibility index (Phi) is 5.30. The van der Waals surface area contributed by atoms with Crippen molar-refractivity contribution >= 4 is 15.7 Å². The number of nitro benzene ring substituents is 1. The third kappa shape index (κ3) is 4.15. The lowest BCUT2D eigenvalue weighted by molar-refractivity contribution is -0.384. The number of sulfonamides is 1. The molecule has 0 amide bonds. The van der Waals surface area contributed by atoms with E-state index in [1.54, 1.807) is 0 Å². The quantitative estimate of drug-likeness (QED) is 0.637. The Bertz CT molecular complexity index is 818. The minimum atomic E-state index is -3.87. The zero-order valence-corrected chi connectivity index (χ0v) is 14.0. The Hall–Kier alpha value is -2.32. The van der Waals surface area contributed by atoms with Crippen molar-refractivity contribution < 1.29 is 17.7 Å². The van der Waals surface area contributed by atoms with Crippen LogP contribution in [0.15, 0.2) is 53.4 Å². The summed E-state index contributed by atoms with van der Waals surface area (Å²) >= 11 is 0. The van der Waals surface area contributed by atoms with Gasteiger partial charge in [-0.1, -0.05) is 26.0 Å². The Balaban J connectivity index is 2.30. The van der Waals surface area contributed by atoms with E-state index < -0.39 is 26.8 Å². The predicted octanol–water partition coefficient (Wildman–Crippen LogP) is 3.41. The van der Waals surface area contributed by atoms with E-state index in [0.717, 1.165) is 12.1 Å². The molecule has 0 spiro atoms. The average molecular weight is 352 g/mol. The summed E-state index contributed by atoms with van der Waals surface area (Å²) in [6, 6.07) is 9.68. The van der Waals surface area contributed by atoms with Gasteiger partial charge >= 0.3 is 0 Å². The molecule has 2 aromatic rings. The van der Waals surface area contributed by atoms with Gasteiger partial charge in [0.25, 0.3) is 5.69 Å². The first-order chi connectivity index (χ1) is 11.2. The van der Waals surface area contributed by atoms with Gasteiger partial charge in [-0.05, 0) is 35.7 Å². The number of benzene rings is 2. The van der Waals surface area contributed by atoms with Crippen molar-refractivity contribution in [2.45, 2.75) is 24.8 Å². The van der Waals surface area contributed by atoms with Gasteiger partial charge in [0.05, 0.1) is 9.82 Å². The molecule has 1 atom stereocenters. The SMILES string of the molecule is CC(C)C(NS(=O)(=O)c1ccc([N+](=O)[O-])cc1)c1ccc(F)cc1. The molecule has 0 aliphatic rings. The van der Waals surface area contributed by atoms with E-state index in [1.807, 2.05) is 13.8 Å². The van der Waals surface area contributed by atoms with Crippen molar-refractivity contribution in [3.8, 4) is 0 Å². The van der Waals surface area contributed by atoms with Crippen molar-refractivity contribution in [2.24, 2.45) is 5.92 Å². The largest absolute Gasteiger partial charge is 0.269 e. The maximum absolute atomic E-state index is 13.1. The van der Waals surface area contributed by atoms with Crippen LogP contribution in [0.5, 0.6) is 0 Å². The van der Waals surface area contributed by atoms with Crippen molar-refractivity contribution in [3.63, 3.8) is 0 Å². The number of hydrogen-bond donors (Lipinski definition) is 1. The van der Waals surface area contributed by atoms with Gasteiger partial charge in [0.1, 0.15) is 5.82 Å². The van der Waals surface area contributed by atoms with Crippen LogP contribution >= 0.6 is 0 Å². The third-order valence-corrected chi connectivity index (χ3v) is 4.99. The van der Waals surface area contributed by atoms with E-state index in [2.05, 4.69) is 4.72 Å². The summed E-state index contributed by atoms with van der Waals surface area (Å²) in [7, 11) is -3.87. The van der Waals surface area contributed by atoms with E-state index in [4.69, 9.17) is 0 Å². The Morgan fingerprint density at radius 3 is 2.04 bits per heavy atom. The maximum atomic E-state index is 13.1. The van der Waals surface area contributed by atoms with E-state index in [0.29, 0.717) is 5.56 Å². The van der Waals surface area contributed by atoms with Crippen LogP contribution in [0.2, 0.25) is 0 Å². The fraction of sp³-hybridized carbons (Fsp3) is 0.250. The zero-order chi connectivity index (χ0) is 17.9. The minimum absolute atomic E-state index is 0.0686. The summed E-state index contributed by atoms with van der Waals surface area (Å²) in [5.74, 6) is -0.484. The Labute approximate surface area is 139 Å². The van der Waals surface area contributed by atoms with Crippen LogP contribution in [0.25, 0.3) is 0 Å². The fourth-order valence-electron chi connectivity index (χ4n) is 2.24. The monoisotopic (exact) mass is 352 g/mol. The minimum Gasteiger partial charge on any atom is -0.258 e. The van der Waals surface area contributed by atoms with Crippen LogP contribution in [0.3, 0.4) is 0 Å². The summed E-state index contributed by atoms with van der Waals surface area (Å²) in [5.41, 5.74) is 0.449. The molecule has 1 unspecified atom stereocenters. The molecule has 2 aromatic carbocycles. The topological polar surface area (TPSA) is 89.3 Å². The summed E-state index contributed by atoms with van der Waals surface area (Å²) in [5, 5.41) is 10.7. The van der Waals surface area contributed by atoms with Gasteiger partial charge in [0.15, 0.2) is 0 Å². The average Bonchev–Trinajstić information content (AvgIpc) is 2.53. The second-order valence-corrected chi connectivity index (χ2v) is 7.36. The first-order valence-corrected chi connectivity index (χ1v) is 8.71. The van der Waals surface area contributed by atoms with Gasteiger partial charge in [-0.25, -0.2) is 17.5 Å². The molecular weight excluding hydrogens is 335 g/mol. The highest BCUT2D eigenvalue weighted by Gasteiger charge is 2.24. The molecule has 1 N–H and O–H groups in total. The van der Waals surface area contributed by atoms with E-state index >= 15 is 0 Å². The normalized spacial score (nSPS) is 13.0. The Morgan fingerprint density at radius 2 is 1.58 bits per heavy atom. The smallest absolute Gasteiger partial charge is 0.258 e. The van der Waals surface area contributed by atoms with Crippen molar-refractivity contribution in [1.29, 1.82) is 0 Å². The summed E-state index contributed by atoms with van der Waals surface area (Å²) in [4.78, 5) is 9.98. The van der Waals surface area contributed by atoms with Crippen LogP contribution in [-0.2, 0) is 10.0 Å². The zero-order valence-electron chi connectivity index (χ0n) is 13.1. The lowest BCUT2D eigenvalue weighted by atomic mass is 9.97. The van der Waals surface area contributed by atoms with Gasteiger partial charge < -0.3 is 0 Å². The fourth-order valence-corrected chi connectivity index (χ4v) is 3.61. The van der Waals surface area contributed by atoms with Crippen LogP contribution in [0, 0.1) is 21.8 Å². The van der Waals surface area contributed by atoms with E-state index in [1.165, 1.54) is 36.4 Å². The molecule has 0 aliphatic carbocycles. The maximum Gasteiger partial charge on any atom is 0.269 e. The molecule has 6 nitrogen and oxygen atoms in total. The molecule has 0 aliphatic heterocycles. The molecule has 0 aromatic heterocycles. The highest BCUT2D eigenvalue weighted by molar-refractivity contribution is 7.89. The summed E-state index contributed by atoms with van der Waals surface area (Å²) in [6.07, 6.45) is 0. The molecule has 0 heterocycles. The number of rotatable bonds is 6. The number of nitro groups is 1. The van der Waals surface area contributed by atoms with Gasteiger partial charge in [-0.2, -0.15) is 0 Å².